The molecule has 0 radical (unpaired) electrons. The first-order valence-corrected chi connectivity index (χ1v) is 11.8. The third kappa shape index (κ3) is 5.38. The minimum atomic E-state index is -0.171. The fourth-order valence-electron chi connectivity index (χ4n) is 3.85. The number of carbonyl (C=O) groups is 1. The highest BCUT2D eigenvalue weighted by Crippen LogP contribution is 2.35. The number of anilines is 3. The lowest BCUT2D eigenvalue weighted by atomic mass is 10.1. The highest BCUT2D eigenvalue weighted by atomic mass is 16.5. The molecular weight excluding hydrogens is 438 g/mol. The predicted molar refractivity (Wildman–Crippen MR) is 141 cm³/mol. The number of rotatable bonds is 7. The Morgan fingerprint density at radius 2 is 1.49 bits per heavy atom. The Morgan fingerprint density at radius 1 is 0.943 bits per heavy atom. The molecule has 0 N–H and O–H groups in total. The Morgan fingerprint density at radius 3 is 2.00 bits per heavy atom. The number of aliphatic imine (C=N–C) groups is 1. The van der Waals surface area contributed by atoms with Gasteiger partial charge in [0.15, 0.2) is 5.76 Å². The van der Waals surface area contributed by atoms with Gasteiger partial charge in [0.2, 0.25) is 0 Å². The normalized spacial score (nSPS) is 15.7. The van der Waals surface area contributed by atoms with Gasteiger partial charge in [-0.2, -0.15) is 0 Å². The Hall–Kier alpha value is -4.06. The average Bonchev–Trinajstić information content (AvgIpc) is 3.14. The summed E-state index contributed by atoms with van der Waals surface area (Å²) in [5.41, 5.74) is 5.14. The van der Waals surface area contributed by atoms with Crippen LogP contribution >= 0.6 is 0 Å². The number of hydrogen-bond acceptors (Lipinski definition) is 5. The minimum Gasteiger partial charge on any atom is -0.497 e. The third-order valence-corrected chi connectivity index (χ3v) is 5.64. The molecule has 6 heteroatoms. The second-order valence-corrected chi connectivity index (χ2v) is 8.63. The molecule has 0 saturated carbocycles. The van der Waals surface area contributed by atoms with Crippen LogP contribution in [0.5, 0.6) is 5.75 Å². The first-order chi connectivity index (χ1) is 16.9. The molecule has 1 aliphatic heterocycles. The Bertz CT molecular complexity index is 1230. The van der Waals surface area contributed by atoms with Gasteiger partial charge in [-0.05, 0) is 87.9 Å². The van der Waals surface area contributed by atoms with Crippen LogP contribution in [0.3, 0.4) is 0 Å². The largest absolute Gasteiger partial charge is 0.497 e. The Kier molecular flexibility index (Phi) is 7.20. The van der Waals surface area contributed by atoms with E-state index >= 15 is 0 Å². The standard InChI is InChI=1S/C29H31N3O3/c1-6-31-28(33)27(35-29(31)30-20(2)3)19-22-9-13-24(14-10-22)32(23-11-7-21(4)8-12-23)25-15-17-26(34-5)18-16-25/h7-20H,6H2,1-5H3/b27-19+,30-29?. The molecule has 1 saturated heterocycles. The molecule has 35 heavy (non-hydrogen) atoms. The quantitative estimate of drug-likeness (QED) is 0.373. The third-order valence-electron chi connectivity index (χ3n) is 5.64. The fourth-order valence-corrected chi connectivity index (χ4v) is 3.85. The minimum absolute atomic E-state index is 0.0381. The van der Waals surface area contributed by atoms with Gasteiger partial charge in [0.1, 0.15) is 5.75 Å². The number of benzene rings is 3. The van der Waals surface area contributed by atoms with Crippen LogP contribution in [0.1, 0.15) is 31.9 Å². The average molecular weight is 470 g/mol. The lowest BCUT2D eigenvalue weighted by Crippen LogP contribution is -2.30. The van der Waals surface area contributed by atoms with Crippen molar-refractivity contribution in [3.8, 4) is 5.75 Å². The molecule has 1 heterocycles. The summed E-state index contributed by atoms with van der Waals surface area (Å²) in [7, 11) is 1.66. The van der Waals surface area contributed by atoms with Crippen LogP contribution in [-0.2, 0) is 9.53 Å². The SMILES string of the molecule is CCN1C(=O)/C(=C\c2ccc(N(c3ccc(C)cc3)c3ccc(OC)cc3)cc2)OC1=NC(C)C. The van der Waals surface area contributed by atoms with Gasteiger partial charge >= 0.3 is 6.02 Å². The van der Waals surface area contributed by atoms with E-state index in [9.17, 15) is 4.79 Å². The molecule has 0 spiro atoms. The van der Waals surface area contributed by atoms with Crippen molar-refractivity contribution in [3.63, 3.8) is 0 Å². The van der Waals surface area contributed by atoms with Crippen molar-refractivity contribution in [2.45, 2.75) is 33.7 Å². The molecule has 1 aliphatic rings. The summed E-state index contributed by atoms with van der Waals surface area (Å²) in [5.74, 6) is 0.919. The summed E-state index contributed by atoms with van der Waals surface area (Å²) < 4.78 is 11.1. The van der Waals surface area contributed by atoms with Crippen LogP contribution in [0.4, 0.5) is 17.1 Å². The van der Waals surface area contributed by atoms with Crippen LogP contribution in [0.15, 0.2) is 83.5 Å². The smallest absolute Gasteiger partial charge is 0.300 e. The maximum Gasteiger partial charge on any atom is 0.300 e. The molecule has 0 atom stereocenters. The Labute approximate surface area is 207 Å². The van der Waals surface area contributed by atoms with Crippen molar-refractivity contribution in [1.82, 2.24) is 4.90 Å². The number of likely N-dealkylation sites (N-methyl/N-ethyl adjacent to an activating group) is 1. The van der Waals surface area contributed by atoms with Crippen molar-refractivity contribution in [2.24, 2.45) is 4.99 Å². The van der Waals surface area contributed by atoms with Gasteiger partial charge in [-0.3, -0.25) is 9.69 Å². The molecule has 6 nitrogen and oxygen atoms in total. The molecule has 0 bridgehead atoms. The number of methoxy groups -OCH3 is 1. The molecular formula is C29H31N3O3. The zero-order valence-corrected chi connectivity index (χ0v) is 20.9. The van der Waals surface area contributed by atoms with E-state index in [0.717, 1.165) is 28.4 Å². The maximum absolute atomic E-state index is 12.8. The summed E-state index contributed by atoms with van der Waals surface area (Å²) in [5, 5.41) is 0. The van der Waals surface area contributed by atoms with Crippen LogP contribution < -0.4 is 9.64 Å². The monoisotopic (exact) mass is 469 g/mol. The van der Waals surface area contributed by atoms with E-state index in [1.54, 1.807) is 18.1 Å². The second-order valence-electron chi connectivity index (χ2n) is 8.63. The van der Waals surface area contributed by atoms with Gasteiger partial charge < -0.3 is 14.4 Å². The maximum atomic E-state index is 12.8. The summed E-state index contributed by atoms with van der Waals surface area (Å²) >= 11 is 0. The molecule has 3 aromatic carbocycles. The van der Waals surface area contributed by atoms with Crippen molar-refractivity contribution in [2.75, 3.05) is 18.6 Å². The number of hydrogen-bond donors (Lipinski definition) is 0. The predicted octanol–water partition coefficient (Wildman–Crippen LogP) is 6.46. The number of aryl methyl sites for hydroxylation is 1. The highest BCUT2D eigenvalue weighted by Gasteiger charge is 2.33. The van der Waals surface area contributed by atoms with Gasteiger partial charge in [0, 0.05) is 29.6 Å². The van der Waals surface area contributed by atoms with E-state index in [1.165, 1.54) is 5.56 Å². The number of nitrogens with zero attached hydrogens (tertiary/aromatic N) is 3. The topological polar surface area (TPSA) is 54.4 Å². The van der Waals surface area contributed by atoms with Gasteiger partial charge in [0.05, 0.1) is 7.11 Å². The van der Waals surface area contributed by atoms with Crippen molar-refractivity contribution in [1.29, 1.82) is 0 Å². The summed E-state index contributed by atoms with van der Waals surface area (Å²) in [6.45, 7) is 8.41. The lowest BCUT2D eigenvalue weighted by molar-refractivity contribution is -0.122. The van der Waals surface area contributed by atoms with Crippen LogP contribution in [0.2, 0.25) is 0 Å². The van der Waals surface area contributed by atoms with E-state index in [-0.39, 0.29) is 17.7 Å². The number of amides is 1. The molecule has 1 fully saturated rings. The number of ether oxygens (including phenoxy) is 2. The number of amidine groups is 1. The summed E-state index contributed by atoms with van der Waals surface area (Å²) in [6.07, 6.45) is 1.77. The first kappa shape index (κ1) is 24.1. The fraction of sp³-hybridized carbons (Fsp3) is 0.241. The first-order valence-electron chi connectivity index (χ1n) is 11.8. The molecule has 4 rings (SSSR count). The van der Waals surface area contributed by atoms with E-state index in [0.29, 0.717) is 12.6 Å². The lowest BCUT2D eigenvalue weighted by Gasteiger charge is -2.26. The second kappa shape index (κ2) is 10.5. The number of carbonyl (C=O) groups excluding carboxylic acids is 1. The van der Waals surface area contributed by atoms with Crippen LogP contribution in [-0.4, -0.2) is 36.5 Å². The van der Waals surface area contributed by atoms with E-state index in [4.69, 9.17) is 9.47 Å². The summed E-state index contributed by atoms with van der Waals surface area (Å²) in [6, 6.07) is 24.8. The Balaban J connectivity index is 1.66. The van der Waals surface area contributed by atoms with E-state index in [2.05, 4.69) is 41.1 Å². The summed E-state index contributed by atoms with van der Waals surface area (Å²) in [4.78, 5) is 21.0. The molecule has 0 unspecified atom stereocenters. The molecule has 180 valence electrons. The van der Waals surface area contributed by atoms with E-state index < -0.39 is 0 Å². The zero-order chi connectivity index (χ0) is 24.9. The van der Waals surface area contributed by atoms with Crippen molar-refractivity contribution < 1.29 is 14.3 Å². The van der Waals surface area contributed by atoms with Crippen LogP contribution in [0, 0.1) is 6.92 Å². The van der Waals surface area contributed by atoms with Crippen molar-refractivity contribution >= 4 is 35.1 Å². The van der Waals surface area contributed by atoms with Gasteiger partial charge in [0.25, 0.3) is 5.91 Å². The van der Waals surface area contributed by atoms with Gasteiger partial charge in [-0.15, -0.1) is 0 Å². The highest BCUT2D eigenvalue weighted by molar-refractivity contribution is 6.11. The van der Waals surface area contributed by atoms with Gasteiger partial charge in [-0.1, -0.05) is 29.8 Å². The zero-order valence-electron chi connectivity index (χ0n) is 20.9. The van der Waals surface area contributed by atoms with E-state index in [1.807, 2.05) is 69.3 Å². The molecule has 0 aliphatic carbocycles. The van der Waals surface area contributed by atoms with Crippen molar-refractivity contribution in [3.05, 3.63) is 89.7 Å². The van der Waals surface area contributed by atoms with Crippen LogP contribution in [0.25, 0.3) is 6.08 Å². The molecule has 3 aromatic rings. The molecule has 1 amide bonds. The van der Waals surface area contributed by atoms with Gasteiger partial charge in [-0.25, -0.2) is 4.99 Å². The molecule has 0 aromatic heterocycles.